The van der Waals surface area contributed by atoms with Crippen LogP contribution >= 0.6 is 0 Å². The Morgan fingerprint density at radius 2 is 1.33 bits per heavy atom. The lowest BCUT2D eigenvalue weighted by Crippen LogP contribution is -1.90. The molecule has 1 aromatic heterocycles. The van der Waals surface area contributed by atoms with E-state index in [0.717, 1.165) is 5.69 Å². The largest absolute Gasteiger partial charge is 0.256 e. The second kappa shape index (κ2) is 5.45. The van der Waals surface area contributed by atoms with E-state index in [4.69, 9.17) is 4.98 Å². The molecule has 1 heteroatoms. The first-order chi connectivity index (χ1) is 11.5. The van der Waals surface area contributed by atoms with Crippen LogP contribution in [0, 0.1) is 27.7 Å². The molecule has 0 spiro atoms. The smallest absolute Gasteiger partial charge is 0.0780 e. The summed E-state index contributed by atoms with van der Waals surface area (Å²) in [5.41, 5.74) is 7.48. The van der Waals surface area contributed by atoms with Gasteiger partial charge in [0.15, 0.2) is 0 Å². The molecule has 0 unspecified atom stereocenters. The Kier molecular flexibility index (Phi) is 3.38. The van der Waals surface area contributed by atoms with Crippen molar-refractivity contribution in [3.63, 3.8) is 0 Å². The highest BCUT2D eigenvalue weighted by Crippen LogP contribution is 2.33. The zero-order valence-corrected chi connectivity index (χ0v) is 14.6. The number of nitrogens with zero attached hydrogens (tertiary/aromatic N) is 1. The molecule has 0 N–H and O–H groups in total. The standard InChI is InChI=1S/C23H21N/c1-14-9-15(2)11-19(10-14)23-21-6-5-18-12-16(3)17(4)13-22(18)20(21)7-8-24-23/h5-13H,1-4H3. The molecule has 24 heavy (non-hydrogen) atoms. The van der Waals surface area contributed by atoms with Gasteiger partial charge in [0.05, 0.1) is 5.69 Å². The normalized spacial score (nSPS) is 11.3. The highest BCUT2D eigenvalue weighted by molar-refractivity contribution is 6.11. The molecule has 0 aliphatic rings. The van der Waals surface area contributed by atoms with Gasteiger partial charge in [0.25, 0.3) is 0 Å². The SMILES string of the molecule is Cc1cc(C)cc(-c2nccc3c2ccc2cc(C)c(C)cc23)c1. The summed E-state index contributed by atoms with van der Waals surface area (Å²) in [7, 11) is 0. The van der Waals surface area contributed by atoms with Crippen LogP contribution in [-0.2, 0) is 0 Å². The second-order valence-electron chi connectivity index (χ2n) is 6.85. The van der Waals surface area contributed by atoms with E-state index in [2.05, 4.69) is 76.2 Å². The van der Waals surface area contributed by atoms with Crippen molar-refractivity contribution >= 4 is 21.5 Å². The number of aromatic nitrogens is 1. The molecule has 0 fully saturated rings. The van der Waals surface area contributed by atoms with Gasteiger partial charge in [-0.1, -0.05) is 41.5 Å². The summed E-state index contributed by atoms with van der Waals surface area (Å²) in [6.45, 7) is 8.64. The second-order valence-corrected chi connectivity index (χ2v) is 6.85. The Labute approximate surface area is 143 Å². The molecule has 0 atom stereocenters. The summed E-state index contributed by atoms with van der Waals surface area (Å²) in [6, 6.07) is 17.8. The predicted octanol–water partition coefficient (Wildman–Crippen LogP) is 6.29. The quantitative estimate of drug-likeness (QED) is 0.376. The summed E-state index contributed by atoms with van der Waals surface area (Å²) in [4.78, 5) is 4.71. The van der Waals surface area contributed by atoms with Gasteiger partial charge in [-0.05, 0) is 73.2 Å². The number of hydrogen-bond donors (Lipinski definition) is 0. The van der Waals surface area contributed by atoms with Crippen LogP contribution in [0.25, 0.3) is 32.8 Å². The number of fused-ring (bicyclic) bond motifs is 3. The lowest BCUT2D eigenvalue weighted by molar-refractivity contribution is 1.32. The van der Waals surface area contributed by atoms with E-state index in [1.165, 1.54) is 49.4 Å². The molecule has 4 aromatic rings. The highest BCUT2D eigenvalue weighted by atomic mass is 14.7. The molecule has 4 rings (SSSR count). The average molecular weight is 311 g/mol. The van der Waals surface area contributed by atoms with Gasteiger partial charge in [-0.2, -0.15) is 0 Å². The molecule has 118 valence electrons. The maximum atomic E-state index is 4.71. The van der Waals surface area contributed by atoms with Gasteiger partial charge in [0.1, 0.15) is 0 Å². The van der Waals surface area contributed by atoms with Gasteiger partial charge in [0.2, 0.25) is 0 Å². The fourth-order valence-electron chi connectivity index (χ4n) is 3.60. The predicted molar refractivity (Wildman–Crippen MR) is 104 cm³/mol. The molecule has 0 aliphatic carbocycles. The monoisotopic (exact) mass is 311 g/mol. The Balaban J connectivity index is 2.08. The summed E-state index contributed by atoms with van der Waals surface area (Å²) in [5.74, 6) is 0. The number of hydrogen-bond acceptors (Lipinski definition) is 1. The molecular weight excluding hydrogens is 290 g/mol. The summed E-state index contributed by atoms with van der Waals surface area (Å²) < 4.78 is 0. The van der Waals surface area contributed by atoms with Gasteiger partial charge in [0, 0.05) is 17.1 Å². The van der Waals surface area contributed by atoms with Gasteiger partial charge < -0.3 is 0 Å². The fraction of sp³-hybridized carbons (Fsp3) is 0.174. The van der Waals surface area contributed by atoms with E-state index < -0.39 is 0 Å². The van der Waals surface area contributed by atoms with Crippen molar-refractivity contribution in [2.45, 2.75) is 27.7 Å². The van der Waals surface area contributed by atoms with Crippen LogP contribution in [0.2, 0.25) is 0 Å². The molecule has 0 bridgehead atoms. The van der Waals surface area contributed by atoms with Gasteiger partial charge >= 0.3 is 0 Å². The fourth-order valence-corrected chi connectivity index (χ4v) is 3.60. The van der Waals surface area contributed by atoms with Crippen molar-refractivity contribution < 1.29 is 0 Å². The van der Waals surface area contributed by atoms with Crippen LogP contribution in [0.3, 0.4) is 0 Å². The van der Waals surface area contributed by atoms with Crippen LogP contribution in [0.15, 0.2) is 54.7 Å². The zero-order chi connectivity index (χ0) is 16.8. The highest BCUT2D eigenvalue weighted by Gasteiger charge is 2.09. The van der Waals surface area contributed by atoms with E-state index in [1.54, 1.807) is 0 Å². The molecule has 0 saturated heterocycles. The Hall–Kier alpha value is -2.67. The van der Waals surface area contributed by atoms with Crippen molar-refractivity contribution in [2.75, 3.05) is 0 Å². The minimum Gasteiger partial charge on any atom is -0.256 e. The molecule has 0 amide bonds. The minimum absolute atomic E-state index is 1.07. The van der Waals surface area contributed by atoms with Crippen molar-refractivity contribution in [3.05, 3.63) is 77.0 Å². The van der Waals surface area contributed by atoms with Crippen LogP contribution in [0.4, 0.5) is 0 Å². The Morgan fingerprint density at radius 3 is 2.08 bits per heavy atom. The van der Waals surface area contributed by atoms with E-state index in [-0.39, 0.29) is 0 Å². The first kappa shape index (κ1) is 14.9. The van der Waals surface area contributed by atoms with Crippen molar-refractivity contribution in [1.82, 2.24) is 4.98 Å². The zero-order valence-electron chi connectivity index (χ0n) is 14.6. The number of rotatable bonds is 1. The molecule has 0 radical (unpaired) electrons. The number of aryl methyl sites for hydroxylation is 4. The maximum Gasteiger partial charge on any atom is 0.0780 e. The lowest BCUT2D eigenvalue weighted by atomic mass is 9.95. The van der Waals surface area contributed by atoms with Crippen molar-refractivity contribution in [2.24, 2.45) is 0 Å². The van der Waals surface area contributed by atoms with Crippen LogP contribution < -0.4 is 0 Å². The number of pyridine rings is 1. The summed E-state index contributed by atoms with van der Waals surface area (Å²) in [6.07, 6.45) is 1.93. The molecule has 1 nitrogen and oxygen atoms in total. The third-order valence-electron chi connectivity index (χ3n) is 4.87. The topological polar surface area (TPSA) is 12.9 Å². The Morgan fingerprint density at radius 1 is 0.625 bits per heavy atom. The molecule has 0 saturated carbocycles. The van der Waals surface area contributed by atoms with Gasteiger partial charge in [-0.15, -0.1) is 0 Å². The van der Waals surface area contributed by atoms with E-state index >= 15 is 0 Å². The van der Waals surface area contributed by atoms with Crippen LogP contribution in [-0.4, -0.2) is 4.98 Å². The molecular formula is C23H21N. The lowest BCUT2D eigenvalue weighted by Gasteiger charge is -2.11. The number of benzene rings is 3. The first-order valence-electron chi connectivity index (χ1n) is 8.40. The first-order valence-corrected chi connectivity index (χ1v) is 8.40. The summed E-state index contributed by atoms with van der Waals surface area (Å²) in [5, 5.41) is 5.10. The molecule has 0 aliphatic heterocycles. The van der Waals surface area contributed by atoms with E-state index in [1.807, 2.05) is 6.20 Å². The van der Waals surface area contributed by atoms with Crippen LogP contribution in [0.5, 0.6) is 0 Å². The van der Waals surface area contributed by atoms with Crippen LogP contribution in [0.1, 0.15) is 22.3 Å². The van der Waals surface area contributed by atoms with E-state index in [9.17, 15) is 0 Å². The van der Waals surface area contributed by atoms with Crippen molar-refractivity contribution in [3.8, 4) is 11.3 Å². The van der Waals surface area contributed by atoms with E-state index in [0.29, 0.717) is 0 Å². The average Bonchev–Trinajstić information content (AvgIpc) is 2.54. The molecule has 3 aromatic carbocycles. The summed E-state index contributed by atoms with van der Waals surface area (Å²) >= 11 is 0. The molecule has 1 heterocycles. The van der Waals surface area contributed by atoms with Gasteiger partial charge in [-0.25, -0.2) is 0 Å². The third-order valence-corrected chi connectivity index (χ3v) is 4.87. The maximum absolute atomic E-state index is 4.71. The third kappa shape index (κ3) is 2.37. The Bertz CT molecular complexity index is 1070. The van der Waals surface area contributed by atoms with Crippen molar-refractivity contribution in [1.29, 1.82) is 0 Å². The minimum atomic E-state index is 1.07. The van der Waals surface area contributed by atoms with Gasteiger partial charge in [-0.3, -0.25) is 4.98 Å².